The summed E-state index contributed by atoms with van der Waals surface area (Å²) >= 11 is 0. The molecule has 0 aromatic carbocycles. The molecule has 0 bridgehead atoms. The van der Waals surface area contributed by atoms with Crippen LogP contribution in [0.5, 0.6) is 0 Å². The van der Waals surface area contributed by atoms with Gasteiger partial charge in [0.15, 0.2) is 0 Å². The van der Waals surface area contributed by atoms with E-state index >= 15 is 0 Å². The first-order chi connectivity index (χ1) is 9.23. The maximum Gasteiger partial charge on any atom is 0.246 e. The molecule has 1 fully saturated rings. The SMILES string of the molecule is CCCC1NC(=O)C(C(C)(C)C)N(C(C)COC)C1=O. The Morgan fingerprint density at radius 3 is 2.40 bits per heavy atom. The van der Waals surface area contributed by atoms with Gasteiger partial charge in [0.05, 0.1) is 12.6 Å². The first-order valence-corrected chi connectivity index (χ1v) is 7.35. The summed E-state index contributed by atoms with van der Waals surface area (Å²) in [5.74, 6) is -0.0468. The Kier molecular flexibility index (Phi) is 5.57. The fraction of sp³-hybridized carbons (Fsp3) is 0.867. The van der Waals surface area contributed by atoms with Crippen LogP contribution in [0, 0.1) is 5.41 Å². The summed E-state index contributed by atoms with van der Waals surface area (Å²) in [4.78, 5) is 26.9. The summed E-state index contributed by atoms with van der Waals surface area (Å²) in [5.41, 5.74) is -0.307. The zero-order valence-electron chi connectivity index (χ0n) is 13.5. The molecule has 1 rings (SSSR count). The van der Waals surface area contributed by atoms with E-state index in [2.05, 4.69) is 5.32 Å². The molecule has 0 aromatic rings. The van der Waals surface area contributed by atoms with Crippen LogP contribution < -0.4 is 5.32 Å². The number of nitrogens with zero attached hydrogens (tertiary/aromatic N) is 1. The highest BCUT2D eigenvalue weighted by Crippen LogP contribution is 2.30. The maximum atomic E-state index is 12.7. The lowest BCUT2D eigenvalue weighted by Crippen LogP contribution is -2.69. The van der Waals surface area contributed by atoms with E-state index in [4.69, 9.17) is 4.74 Å². The molecular formula is C15H28N2O3. The molecule has 1 N–H and O–H groups in total. The van der Waals surface area contributed by atoms with Gasteiger partial charge in [0, 0.05) is 7.11 Å². The van der Waals surface area contributed by atoms with Gasteiger partial charge in [-0.25, -0.2) is 0 Å². The van der Waals surface area contributed by atoms with Gasteiger partial charge < -0.3 is 15.0 Å². The molecule has 1 saturated heterocycles. The van der Waals surface area contributed by atoms with Crippen molar-refractivity contribution in [2.24, 2.45) is 5.41 Å². The normalized spacial score (nSPS) is 25.6. The van der Waals surface area contributed by atoms with Crippen molar-refractivity contribution >= 4 is 11.8 Å². The maximum absolute atomic E-state index is 12.7. The van der Waals surface area contributed by atoms with Gasteiger partial charge in [0.1, 0.15) is 12.1 Å². The number of methoxy groups -OCH3 is 1. The number of amides is 2. The number of nitrogens with one attached hydrogen (secondary N) is 1. The average Bonchev–Trinajstić information content (AvgIpc) is 2.31. The van der Waals surface area contributed by atoms with Crippen LogP contribution in [-0.2, 0) is 14.3 Å². The predicted molar refractivity (Wildman–Crippen MR) is 78.3 cm³/mol. The molecule has 5 heteroatoms. The van der Waals surface area contributed by atoms with Crippen LogP contribution in [-0.4, -0.2) is 48.6 Å². The number of hydrogen-bond donors (Lipinski definition) is 1. The topological polar surface area (TPSA) is 58.6 Å². The van der Waals surface area contributed by atoms with E-state index in [9.17, 15) is 9.59 Å². The minimum absolute atomic E-state index is 0.0101. The Morgan fingerprint density at radius 1 is 1.35 bits per heavy atom. The van der Waals surface area contributed by atoms with E-state index in [1.165, 1.54) is 0 Å². The first-order valence-electron chi connectivity index (χ1n) is 7.35. The van der Waals surface area contributed by atoms with E-state index < -0.39 is 12.1 Å². The molecular weight excluding hydrogens is 256 g/mol. The van der Waals surface area contributed by atoms with Crippen LogP contribution in [0.4, 0.5) is 0 Å². The van der Waals surface area contributed by atoms with E-state index in [0.717, 1.165) is 6.42 Å². The van der Waals surface area contributed by atoms with Crippen molar-refractivity contribution in [3.63, 3.8) is 0 Å². The average molecular weight is 284 g/mol. The molecule has 1 aliphatic rings. The molecule has 0 radical (unpaired) electrons. The lowest BCUT2D eigenvalue weighted by molar-refractivity contribution is -0.158. The summed E-state index contributed by atoms with van der Waals surface area (Å²) in [5, 5.41) is 2.88. The number of rotatable bonds is 5. The van der Waals surface area contributed by atoms with Crippen molar-refractivity contribution < 1.29 is 14.3 Å². The smallest absolute Gasteiger partial charge is 0.246 e. The minimum Gasteiger partial charge on any atom is -0.383 e. The van der Waals surface area contributed by atoms with Crippen molar-refractivity contribution in [3.8, 4) is 0 Å². The lowest BCUT2D eigenvalue weighted by atomic mass is 9.82. The molecule has 2 amide bonds. The van der Waals surface area contributed by atoms with Crippen molar-refractivity contribution in [1.82, 2.24) is 10.2 Å². The predicted octanol–water partition coefficient (Wildman–Crippen LogP) is 1.56. The van der Waals surface area contributed by atoms with Gasteiger partial charge in [0.25, 0.3) is 0 Å². The summed E-state index contributed by atoms with van der Waals surface area (Å²) in [6.07, 6.45) is 1.54. The Hall–Kier alpha value is -1.10. The van der Waals surface area contributed by atoms with Crippen LogP contribution >= 0.6 is 0 Å². The molecule has 0 spiro atoms. The standard InChI is InChI=1S/C15H28N2O3/c1-7-8-11-14(19)17(10(2)9-20-6)12(13(18)16-11)15(3,4)5/h10-12H,7-9H2,1-6H3,(H,16,18). The van der Waals surface area contributed by atoms with E-state index in [1.807, 2.05) is 34.6 Å². The zero-order chi connectivity index (χ0) is 15.5. The Balaban J connectivity index is 3.10. The number of carbonyl (C=O) groups is 2. The molecule has 0 aromatic heterocycles. The second kappa shape index (κ2) is 6.57. The summed E-state index contributed by atoms with van der Waals surface area (Å²) < 4.78 is 5.17. The monoisotopic (exact) mass is 284 g/mol. The van der Waals surface area contributed by atoms with Gasteiger partial charge in [0.2, 0.25) is 11.8 Å². The van der Waals surface area contributed by atoms with E-state index in [-0.39, 0.29) is 23.3 Å². The second-order valence-corrected chi connectivity index (χ2v) is 6.67. The molecule has 3 atom stereocenters. The highest BCUT2D eigenvalue weighted by Gasteiger charge is 2.47. The fourth-order valence-electron chi connectivity index (χ4n) is 2.83. The molecule has 5 nitrogen and oxygen atoms in total. The third kappa shape index (κ3) is 3.51. The Bertz CT molecular complexity index is 363. The lowest BCUT2D eigenvalue weighted by Gasteiger charge is -2.47. The van der Waals surface area contributed by atoms with Gasteiger partial charge in [-0.05, 0) is 18.8 Å². The number of hydrogen-bond acceptors (Lipinski definition) is 3. The number of piperazine rings is 1. The van der Waals surface area contributed by atoms with Gasteiger partial charge in [-0.3, -0.25) is 9.59 Å². The van der Waals surface area contributed by atoms with Crippen LogP contribution in [0.1, 0.15) is 47.5 Å². The molecule has 0 aliphatic carbocycles. The highest BCUT2D eigenvalue weighted by molar-refractivity contribution is 5.97. The summed E-state index contributed by atoms with van der Waals surface area (Å²) in [6.45, 7) is 10.3. The Labute approximate surface area is 122 Å². The fourth-order valence-corrected chi connectivity index (χ4v) is 2.83. The number of ether oxygens (including phenoxy) is 1. The van der Waals surface area contributed by atoms with E-state index in [0.29, 0.717) is 13.0 Å². The molecule has 0 saturated carbocycles. The molecule has 116 valence electrons. The van der Waals surface area contributed by atoms with E-state index in [1.54, 1.807) is 12.0 Å². The van der Waals surface area contributed by atoms with Crippen LogP contribution in [0.15, 0.2) is 0 Å². The van der Waals surface area contributed by atoms with Crippen molar-refractivity contribution in [3.05, 3.63) is 0 Å². The summed E-state index contributed by atoms with van der Waals surface area (Å²) in [7, 11) is 1.61. The molecule has 3 unspecified atom stereocenters. The quantitative estimate of drug-likeness (QED) is 0.833. The first kappa shape index (κ1) is 17.0. The molecule has 20 heavy (non-hydrogen) atoms. The van der Waals surface area contributed by atoms with Crippen LogP contribution in [0.2, 0.25) is 0 Å². The summed E-state index contributed by atoms with van der Waals surface area (Å²) in [6, 6.07) is -0.958. The van der Waals surface area contributed by atoms with Crippen LogP contribution in [0.3, 0.4) is 0 Å². The second-order valence-electron chi connectivity index (χ2n) is 6.67. The third-order valence-electron chi connectivity index (χ3n) is 3.68. The molecule has 1 heterocycles. The molecule has 1 aliphatic heterocycles. The highest BCUT2D eigenvalue weighted by atomic mass is 16.5. The van der Waals surface area contributed by atoms with Gasteiger partial charge >= 0.3 is 0 Å². The van der Waals surface area contributed by atoms with Crippen molar-refractivity contribution in [2.75, 3.05) is 13.7 Å². The number of carbonyl (C=O) groups excluding carboxylic acids is 2. The van der Waals surface area contributed by atoms with Gasteiger partial charge in [-0.15, -0.1) is 0 Å². The Morgan fingerprint density at radius 2 is 1.95 bits per heavy atom. The largest absolute Gasteiger partial charge is 0.383 e. The third-order valence-corrected chi connectivity index (χ3v) is 3.68. The zero-order valence-corrected chi connectivity index (χ0v) is 13.5. The van der Waals surface area contributed by atoms with Gasteiger partial charge in [-0.1, -0.05) is 34.1 Å². The van der Waals surface area contributed by atoms with Gasteiger partial charge in [-0.2, -0.15) is 0 Å². The van der Waals surface area contributed by atoms with Crippen molar-refractivity contribution in [1.29, 1.82) is 0 Å². The van der Waals surface area contributed by atoms with Crippen LogP contribution in [0.25, 0.3) is 0 Å². The van der Waals surface area contributed by atoms with Crippen molar-refractivity contribution in [2.45, 2.75) is 65.6 Å². The minimum atomic E-state index is -0.451.